The summed E-state index contributed by atoms with van der Waals surface area (Å²) >= 11 is 0. The van der Waals surface area contributed by atoms with Crippen LogP contribution in [0.3, 0.4) is 0 Å². The van der Waals surface area contributed by atoms with Crippen LogP contribution in [0.25, 0.3) is 21.9 Å². The van der Waals surface area contributed by atoms with Crippen LogP contribution >= 0.6 is 0 Å². The molecule has 3 heterocycles. The Balaban J connectivity index is 1.31. The fourth-order valence-corrected chi connectivity index (χ4v) is 5.14. The van der Waals surface area contributed by atoms with Crippen molar-refractivity contribution in [1.82, 2.24) is 25.0 Å². The normalized spacial score (nSPS) is 13.4. The van der Waals surface area contributed by atoms with Gasteiger partial charge in [-0.1, -0.05) is 30.3 Å². The van der Waals surface area contributed by atoms with E-state index in [1.54, 1.807) is 17.2 Å². The number of ether oxygens (including phenoxy) is 1. The maximum atomic E-state index is 13.7. The van der Waals surface area contributed by atoms with E-state index < -0.39 is 0 Å². The Hall–Kier alpha value is -4.53. The third kappa shape index (κ3) is 5.45. The van der Waals surface area contributed by atoms with Gasteiger partial charge in [-0.05, 0) is 61.4 Å². The molecule has 40 heavy (non-hydrogen) atoms. The highest BCUT2D eigenvalue weighted by Crippen LogP contribution is 2.33. The van der Waals surface area contributed by atoms with Crippen LogP contribution in [0.4, 0.5) is 5.82 Å². The number of rotatable bonds is 8. The van der Waals surface area contributed by atoms with Crippen LogP contribution in [0.1, 0.15) is 41.6 Å². The molecule has 206 valence electrons. The molecule has 0 unspecified atom stereocenters. The zero-order valence-electron chi connectivity index (χ0n) is 23.2. The van der Waals surface area contributed by atoms with E-state index in [0.717, 1.165) is 27.6 Å². The number of aromatic nitrogens is 3. The lowest BCUT2D eigenvalue weighted by Gasteiger charge is -2.35. The Morgan fingerprint density at radius 3 is 2.30 bits per heavy atom. The van der Waals surface area contributed by atoms with Gasteiger partial charge in [0.15, 0.2) is 11.5 Å². The molecule has 2 aromatic carbocycles. The first-order valence-electron chi connectivity index (χ1n) is 13.8. The Morgan fingerprint density at radius 2 is 1.62 bits per heavy atom. The van der Waals surface area contributed by atoms with Crippen molar-refractivity contribution in [1.29, 1.82) is 0 Å². The number of carbonyl (C=O) groups is 2. The molecule has 5 rings (SSSR count). The first-order valence-corrected chi connectivity index (χ1v) is 13.8. The van der Waals surface area contributed by atoms with E-state index in [1.807, 2.05) is 80.4 Å². The van der Waals surface area contributed by atoms with Gasteiger partial charge in [0.25, 0.3) is 11.8 Å². The molecule has 0 radical (unpaired) electrons. The van der Waals surface area contributed by atoms with Crippen molar-refractivity contribution in [3.05, 3.63) is 78.2 Å². The number of piperazine rings is 1. The lowest BCUT2D eigenvalue weighted by molar-refractivity contribution is 0.0744. The summed E-state index contributed by atoms with van der Waals surface area (Å²) < 4.78 is 5.64. The van der Waals surface area contributed by atoms with Crippen LogP contribution in [0.5, 0.6) is 5.75 Å². The van der Waals surface area contributed by atoms with Gasteiger partial charge >= 0.3 is 0 Å². The summed E-state index contributed by atoms with van der Waals surface area (Å²) in [7, 11) is 0. The molecule has 0 saturated carbocycles. The largest absolute Gasteiger partial charge is 0.492 e. The lowest BCUT2D eigenvalue weighted by Crippen LogP contribution is -2.49. The molecule has 2 amide bonds. The number of pyridine rings is 1. The zero-order chi connectivity index (χ0) is 28.1. The molecule has 9 heteroatoms. The molecule has 2 aromatic heterocycles. The van der Waals surface area contributed by atoms with Crippen molar-refractivity contribution < 1.29 is 14.3 Å². The van der Waals surface area contributed by atoms with Crippen LogP contribution in [-0.2, 0) is 0 Å². The Kier molecular flexibility index (Phi) is 8.19. The minimum atomic E-state index is -0.115. The Morgan fingerprint density at radius 1 is 0.875 bits per heavy atom. The summed E-state index contributed by atoms with van der Waals surface area (Å²) in [5.41, 5.74) is 2.98. The van der Waals surface area contributed by atoms with Crippen molar-refractivity contribution in [3.8, 4) is 16.9 Å². The molecule has 4 aromatic rings. The second kappa shape index (κ2) is 12.1. The van der Waals surface area contributed by atoms with E-state index in [0.29, 0.717) is 63.0 Å². The quantitative estimate of drug-likeness (QED) is 0.325. The van der Waals surface area contributed by atoms with Crippen LogP contribution < -0.4 is 9.64 Å². The van der Waals surface area contributed by atoms with Crippen LogP contribution in [0.2, 0.25) is 0 Å². The monoisotopic (exact) mass is 538 g/mol. The molecule has 0 bridgehead atoms. The molecule has 0 N–H and O–H groups in total. The van der Waals surface area contributed by atoms with Gasteiger partial charge in [-0.25, -0.2) is 0 Å². The second-order valence-electron chi connectivity index (χ2n) is 9.58. The highest BCUT2D eigenvalue weighted by atomic mass is 16.5. The molecule has 1 saturated heterocycles. The first kappa shape index (κ1) is 27.1. The minimum Gasteiger partial charge on any atom is -0.492 e. The number of hydrogen-bond acceptors (Lipinski definition) is 7. The van der Waals surface area contributed by atoms with Gasteiger partial charge in [-0.15, -0.1) is 10.2 Å². The number of nitrogens with zero attached hydrogens (tertiary/aromatic N) is 6. The zero-order valence-corrected chi connectivity index (χ0v) is 23.2. The molecular weight excluding hydrogens is 504 g/mol. The third-order valence-corrected chi connectivity index (χ3v) is 7.30. The second-order valence-corrected chi connectivity index (χ2v) is 9.58. The molecule has 1 fully saturated rings. The number of carbonyl (C=O) groups excluding carboxylic acids is 2. The van der Waals surface area contributed by atoms with Gasteiger partial charge in [0.2, 0.25) is 0 Å². The number of amides is 2. The fraction of sp³-hybridized carbons (Fsp3) is 0.323. The summed E-state index contributed by atoms with van der Waals surface area (Å²) in [5, 5.41) is 10.4. The molecule has 0 atom stereocenters. The molecule has 0 aliphatic carbocycles. The van der Waals surface area contributed by atoms with Gasteiger partial charge < -0.3 is 19.4 Å². The maximum absolute atomic E-state index is 13.7. The molecule has 9 nitrogen and oxygen atoms in total. The maximum Gasteiger partial charge on any atom is 0.274 e. The summed E-state index contributed by atoms with van der Waals surface area (Å²) in [6.07, 6.45) is 3.53. The summed E-state index contributed by atoms with van der Waals surface area (Å²) in [5.74, 6) is 1.32. The van der Waals surface area contributed by atoms with E-state index in [4.69, 9.17) is 4.74 Å². The van der Waals surface area contributed by atoms with Gasteiger partial charge in [-0.2, -0.15) is 0 Å². The lowest BCUT2D eigenvalue weighted by atomic mass is 9.95. The van der Waals surface area contributed by atoms with Crippen LogP contribution in [0, 0.1) is 0 Å². The predicted octanol–water partition coefficient (Wildman–Crippen LogP) is 4.53. The standard InChI is InChI=1S/C31H34N6O3/c1-4-35(5-2)31(39)28-13-14-29(34-33-28)36-15-17-37(18-16-36)30(38)27-12-11-24(25-9-7-8-10-26(25)27)22-19-23(40-6-3)21-32-20-22/h7-14,19-21H,4-6,15-18H2,1-3H3. The van der Waals surface area contributed by atoms with Gasteiger partial charge in [0.05, 0.1) is 12.8 Å². The molecular formula is C31H34N6O3. The van der Waals surface area contributed by atoms with Crippen molar-refractivity contribution in [3.63, 3.8) is 0 Å². The Bertz CT molecular complexity index is 1490. The minimum absolute atomic E-state index is 0.00911. The van der Waals surface area contributed by atoms with Crippen molar-refractivity contribution in [2.24, 2.45) is 0 Å². The summed E-state index contributed by atoms with van der Waals surface area (Å²) in [4.78, 5) is 36.3. The van der Waals surface area contributed by atoms with E-state index in [1.165, 1.54) is 0 Å². The Labute approximate surface area is 234 Å². The van der Waals surface area contributed by atoms with E-state index >= 15 is 0 Å². The smallest absolute Gasteiger partial charge is 0.274 e. The summed E-state index contributed by atoms with van der Waals surface area (Å²) in [6, 6.07) is 17.4. The van der Waals surface area contributed by atoms with Gasteiger partial charge in [0, 0.05) is 56.6 Å². The van der Waals surface area contributed by atoms with Crippen LogP contribution in [0.15, 0.2) is 67.0 Å². The van der Waals surface area contributed by atoms with Crippen molar-refractivity contribution in [2.45, 2.75) is 20.8 Å². The van der Waals surface area contributed by atoms with E-state index in [9.17, 15) is 9.59 Å². The molecule has 0 spiro atoms. The topological polar surface area (TPSA) is 91.8 Å². The number of anilines is 1. The average Bonchev–Trinajstić information content (AvgIpc) is 3.01. The first-order chi connectivity index (χ1) is 19.5. The van der Waals surface area contributed by atoms with Crippen LogP contribution in [-0.4, -0.2) is 82.7 Å². The van der Waals surface area contributed by atoms with Gasteiger partial charge in [0.1, 0.15) is 5.75 Å². The molecule has 1 aliphatic heterocycles. The van der Waals surface area contributed by atoms with Gasteiger partial charge in [-0.3, -0.25) is 14.6 Å². The van der Waals surface area contributed by atoms with Crippen molar-refractivity contribution in [2.75, 3.05) is 50.8 Å². The molecule has 1 aliphatic rings. The number of hydrogen-bond donors (Lipinski definition) is 0. The SMILES string of the molecule is CCOc1cncc(-c2ccc(C(=O)N3CCN(c4ccc(C(=O)N(CC)CC)nn4)CC3)c3ccccc23)c1. The number of benzene rings is 2. The highest BCUT2D eigenvalue weighted by molar-refractivity contribution is 6.11. The summed E-state index contributed by atoms with van der Waals surface area (Å²) in [6.45, 7) is 10.1. The predicted molar refractivity (Wildman–Crippen MR) is 156 cm³/mol. The third-order valence-electron chi connectivity index (χ3n) is 7.30. The van der Waals surface area contributed by atoms with E-state index in [-0.39, 0.29) is 11.8 Å². The average molecular weight is 539 g/mol. The fourth-order valence-electron chi connectivity index (χ4n) is 5.14. The van der Waals surface area contributed by atoms with E-state index in [2.05, 4.69) is 20.1 Å². The van der Waals surface area contributed by atoms with Crippen molar-refractivity contribution >= 4 is 28.4 Å². The number of fused-ring (bicyclic) bond motifs is 1. The highest BCUT2D eigenvalue weighted by Gasteiger charge is 2.25.